The smallest absolute Gasteiger partial charge is 0.230 e. The van der Waals surface area contributed by atoms with Gasteiger partial charge in [-0.05, 0) is 42.9 Å². The second-order valence-electron chi connectivity index (χ2n) is 9.71. The highest BCUT2D eigenvalue weighted by Crippen LogP contribution is 2.36. The predicted octanol–water partition coefficient (Wildman–Crippen LogP) is 5.82. The van der Waals surface area contributed by atoms with Crippen molar-refractivity contribution in [3.05, 3.63) is 69.8 Å². The van der Waals surface area contributed by atoms with E-state index < -0.39 is 47.0 Å². The number of rotatable bonds is 5. The first kappa shape index (κ1) is 25.1. The van der Waals surface area contributed by atoms with E-state index in [4.69, 9.17) is 10.7 Å². The summed E-state index contributed by atoms with van der Waals surface area (Å²) >= 11 is 0. The summed E-state index contributed by atoms with van der Waals surface area (Å²) in [5.41, 5.74) is 9.23. The van der Waals surface area contributed by atoms with Crippen molar-refractivity contribution in [3.8, 4) is 11.3 Å². The number of amides is 1. The van der Waals surface area contributed by atoms with Crippen molar-refractivity contribution in [2.45, 2.75) is 57.8 Å². The Hall–Kier alpha value is -3.56. The molecule has 1 amide bonds. The molecule has 3 N–H and O–H groups in total. The van der Waals surface area contributed by atoms with Crippen molar-refractivity contribution in [1.29, 1.82) is 0 Å². The van der Waals surface area contributed by atoms with Gasteiger partial charge in [-0.2, -0.15) is 0 Å². The van der Waals surface area contributed by atoms with Crippen LogP contribution in [0.25, 0.3) is 11.3 Å². The van der Waals surface area contributed by atoms with Gasteiger partial charge < -0.3 is 11.1 Å². The van der Waals surface area contributed by atoms with E-state index >= 15 is 0 Å². The van der Waals surface area contributed by atoms with Gasteiger partial charge in [0, 0.05) is 16.8 Å². The molecule has 1 saturated carbocycles. The number of carbonyl (C=O) groups excluding carboxylic acids is 1. The molecular weight excluding hydrogens is 491 g/mol. The number of carbonyl (C=O) groups is 1. The van der Waals surface area contributed by atoms with E-state index in [1.54, 1.807) is 6.07 Å². The largest absolute Gasteiger partial charge is 0.399 e. The molecule has 1 heterocycles. The Bertz CT molecular complexity index is 1360. The molecular formula is C27H25F5N4O. The quantitative estimate of drug-likeness (QED) is 0.194. The molecule has 0 spiro atoms. The van der Waals surface area contributed by atoms with E-state index in [2.05, 4.69) is 10.3 Å². The normalized spacial score (nSPS) is 15.3. The molecule has 0 radical (unpaired) electrons. The lowest BCUT2D eigenvalue weighted by atomic mass is 9.85. The van der Waals surface area contributed by atoms with Gasteiger partial charge in [0.15, 0.2) is 29.1 Å². The molecule has 2 aliphatic carbocycles. The van der Waals surface area contributed by atoms with Gasteiger partial charge in [-0.3, -0.25) is 4.79 Å². The first-order valence-electron chi connectivity index (χ1n) is 12.3. The van der Waals surface area contributed by atoms with E-state index in [0.29, 0.717) is 47.9 Å². The Morgan fingerprint density at radius 3 is 2.30 bits per heavy atom. The summed E-state index contributed by atoms with van der Waals surface area (Å²) in [6.45, 7) is 0. The Kier molecular flexibility index (Phi) is 6.83. The molecule has 1 aromatic heterocycles. The van der Waals surface area contributed by atoms with Crippen molar-refractivity contribution >= 4 is 17.4 Å². The predicted molar refractivity (Wildman–Crippen MR) is 128 cm³/mol. The molecule has 194 valence electrons. The van der Waals surface area contributed by atoms with Crippen LogP contribution in [0.1, 0.15) is 54.6 Å². The topological polar surface area (TPSA) is 80.9 Å². The van der Waals surface area contributed by atoms with Crippen molar-refractivity contribution in [3.63, 3.8) is 0 Å². The molecule has 5 rings (SSSR count). The summed E-state index contributed by atoms with van der Waals surface area (Å²) in [6.07, 6.45) is 6.06. The average molecular weight is 517 g/mol. The summed E-state index contributed by atoms with van der Waals surface area (Å²) in [6, 6.07) is 5.58. The van der Waals surface area contributed by atoms with Gasteiger partial charge in [-0.25, -0.2) is 31.9 Å². The number of benzene rings is 2. The van der Waals surface area contributed by atoms with Gasteiger partial charge >= 0.3 is 0 Å². The summed E-state index contributed by atoms with van der Waals surface area (Å²) in [5, 5.41) is 2.54. The van der Waals surface area contributed by atoms with Gasteiger partial charge in [0.1, 0.15) is 0 Å². The molecule has 5 nitrogen and oxygen atoms in total. The molecule has 3 aromatic rings. The van der Waals surface area contributed by atoms with E-state index in [1.807, 2.05) is 12.1 Å². The van der Waals surface area contributed by atoms with Crippen molar-refractivity contribution in [1.82, 2.24) is 9.97 Å². The van der Waals surface area contributed by atoms with Crippen molar-refractivity contribution in [2.75, 3.05) is 11.1 Å². The highest BCUT2D eigenvalue weighted by Gasteiger charge is 2.28. The third kappa shape index (κ3) is 4.89. The summed E-state index contributed by atoms with van der Waals surface area (Å²) < 4.78 is 68.9. The van der Waals surface area contributed by atoms with Crippen LogP contribution < -0.4 is 11.1 Å². The maximum Gasteiger partial charge on any atom is 0.230 e. The van der Waals surface area contributed by atoms with Gasteiger partial charge in [0.2, 0.25) is 11.7 Å². The Morgan fingerprint density at radius 2 is 1.59 bits per heavy atom. The SMILES string of the molecule is Nc1ccc2c(c1)CCc1nc(NC(=O)Cc3c(F)c(F)c(F)c(F)c3F)c(CC3CCCCC3)nc1-2. The minimum atomic E-state index is -2.27. The lowest BCUT2D eigenvalue weighted by molar-refractivity contribution is -0.115. The minimum absolute atomic E-state index is 0.150. The number of fused-ring (bicyclic) bond motifs is 3. The third-order valence-corrected chi connectivity index (χ3v) is 7.16. The van der Waals surface area contributed by atoms with Crippen LogP contribution in [0, 0.1) is 35.0 Å². The Balaban J connectivity index is 1.49. The summed E-state index contributed by atoms with van der Waals surface area (Å²) in [5.74, 6) is -11.0. The van der Waals surface area contributed by atoms with E-state index in [-0.39, 0.29) is 5.82 Å². The van der Waals surface area contributed by atoms with Crippen LogP contribution in [0.15, 0.2) is 18.2 Å². The van der Waals surface area contributed by atoms with Crippen molar-refractivity contribution in [2.24, 2.45) is 5.92 Å². The first-order valence-corrected chi connectivity index (χ1v) is 12.3. The van der Waals surface area contributed by atoms with Gasteiger partial charge in [-0.1, -0.05) is 38.2 Å². The minimum Gasteiger partial charge on any atom is -0.399 e. The number of nitrogens with two attached hydrogens (primary N) is 1. The maximum absolute atomic E-state index is 14.1. The standard InChI is InChI=1S/C27H25F5N4O/c28-21-17(22(29)24(31)25(32)23(21)30)12-20(37)36-27-19(10-13-4-2-1-3-5-13)34-26-16-8-7-15(33)11-14(16)6-9-18(26)35-27/h7-8,11,13H,1-6,9-10,12,33H2,(H,35,36,37). The van der Waals surface area contributed by atoms with Crippen LogP contribution in [-0.2, 0) is 30.5 Å². The highest BCUT2D eigenvalue weighted by molar-refractivity contribution is 5.92. The molecule has 0 bridgehead atoms. The van der Waals surface area contributed by atoms with Gasteiger partial charge in [-0.15, -0.1) is 0 Å². The molecule has 10 heteroatoms. The molecule has 0 aliphatic heterocycles. The fraction of sp³-hybridized carbons (Fsp3) is 0.370. The number of hydrogen-bond acceptors (Lipinski definition) is 4. The number of anilines is 2. The maximum atomic E-state index is 14.1. The Morgan fingerprint density at radius 1 is 0.919 bits per heavy atom. The van der Waals surface area contributed by atoms with Crippen LogP contribution in [0.2, 0.25) is 0 Å². The van der Waals surface area contributed by atoms with Crippen LogP contribution in [0.4, 0.5) is 33.5 Å². The second kappa shape index (κ2) is 10.1. The van der Waals surface area contributed by atoms with E-state index in [1.165, 1.54) is 0 Å². The fourth-order valence-corrected chi connectivity index (χ4v) is 5.25. The monoisotopic (exact) mass is 516 g/mol. The number of aromatic nitrogens is 2. The van der Waals surface area contributed by atoms with Crippen LogP contribution in [0.5, 0.6) is 0 Å². The lowest BCUT2D eigenvalue weighted by Gasteiger charge is -2.25. The van der Waals surface area contributed by atoms with E-state index in [0.717, 1.165) is 43.2 Å². The first-order chi connectivity index (χ1) is 17.7. The van der Waals surface area contributed by atoms with E-state index in [9.17, 15) is 26.7 Å². The van der Waals surface area contributed by atoms with Crippen LogP contribution >= 0.6 is 0 Å². The third-order valence-electron chi connectivity index (χ3n) is 7.16. The lowest BCUT2D eigenvalue weighted by Crippen LogP contribution is -2.22. The van der Waals surface area contributed by atoms with Crippen LogP contribution in [-0.4, -0.2) is 15.9 Å². The molecule has 2 aromatic carbocycles. The van der Waals surface area contributed by atoms with Crippen LogP contribution in [0.3, 0.4) is 0 Å². The van der Waals surface area contributed by atoms with Gasteiger partial charge in [0.25, 0.3) is 0 Å². The van der Waals surface area contributed by atoms with Gasteiger partial charge in [0.05, 0.1) is 23.5 Å². The number of nitrogens with zero attached hydrogens (tertiary/aromatic N) is 2. The zero-order chi connectivity index (χ0) is 26.3. The molecule has 1 fully saturated rings. The molecule has 0 atom stereocenters. The zero-order valence-corrected chi connectivity index (χ0v) is 19.9. The summed E-state index contributed by atoms with van der Waals surface area (Å²) in [4.78, 5) is 22.3. The second-order valence-corrected chi connectivity index (χ2v) is 9.71. The summed E-state index contributed by atoms with van der Waals surface area (Å²) in [7, 11) is 0. The molecule has 2 aliphatic rings. The zero-order valence-electron chi connectivity index (χ0n) is 19.9. The highest BCUT2D eigenvalue weighted by atomic mass is 19.2. The molecule has 37 heavy (non-hydrogen) atoms. The molecule has 0 unspecified atom stereocenters. The number of nitrogen functional groups attached to an aromatic ring is 1. The molecule has 0 saturated heterocycles. The fourth-order valence-electron chi connectivity index (χ4n) is 5.25. The number of halogens is 5. The van der Waals surface area contributed by atoms with Crippen molar-refractivity contribution < 1.29 is 26.7 Å². The number of aryl methyl sites for hydroxylation is 2. The number of hydrogen-bond donors (Lipinski definition) is 2. The number of nitrogens with one attached hydrogen (secondary N) is 1. The average Bonchev–Trinajstić information content (AvgIpc) is 2.89. The Labute approximate surface area is 210 Å².